The zero-order chi connectivity index (χ0) is 22.1. The van der Waals surface area contributed by atoms with Crippen molar-refractivity contribution in [2.75, 3.05) is 33.9 Å². The Morgan fingerprint density at radius 3 is 2.58 bits per heavy atom. The summed E-state index contributed by atoms with van der Waals surface area (Å²) >= 11 is 0. The molecule has 166 valence electrons. The van der Waals surface area contributed by atoms with E-state index in [1.165, 1.54) is 12.7 Å². The quantitative estimate of drug-likeness (QED) is 0.599. The third-order valence-electron chi connectivity index (χ3n) is 5.61. The molecule has 3 rings (SSSR count). The van der Waals surface area contributed by atoms with E-state index in [-0.39, 0.29) is 18.4 Å². The summed E-state index contributed by atoms with van der Waals surface area (Å²) in [7, 11) is 3.00. The topological polar surface area (TPSA) is 79.9 Å². The molecule has 0 bridgehead atoms. The first-order valence-corrected chi connectivity index (χ1v) is 10.5. The highest BCUT2D eigenvalue weighted by atomic mass is 16.5. The summed E-state index contributed by atoms with van der Waals surface area (Å²) in [5.74, 6) is 0.243. The molecule has 1 amide bonds. The summed E-state index contributed by atoms with van der Waals surface area (Å²) < 4.78 is 10.3. The highest BCUT2D eigenvalue weighted by Crippen LogP contribution is 2.24. The minimum atomic E-state index is -0.894. The first kappa shape index (κ1) is 22.8. The molecule has 0 aromatic heterocycles. The lowest BCUT2D eigenvalue weighted by Crippen LogP contribution is -2.63. The Labute approximate surface area is 183 Å². The van der Waals surface area contributed by atoms with Crippen molar-refractivity contribution in [2.24, 2.45) is 0 Å². The fraction of sp³-hybridized carbons (Fsp3) is 0.417. The van der Waals surface area contributed by atoms with Crippen LogP contribution < -0.4 is 15.4 Å². The van der Waals surface area contributed by atoms with Crippen molar-refractivity contribution in [3.05, 3.63) is 65.7 Å². The van der Waals surface area contributed by atoms with Crippen LogP contribution >= 0.6 is 0 Å². The van der Waals surface area contributed by atoms with Crippen LogP contribution in [0.15, 0.2) is 54.6 Å². The van der Waals surface area contributed by atoms with Crippen LogP contribution in [0.1, 0.15) is 24.0 Å². The van der Waals surface area contributed by atoms with Gasteiger partial charge in [-0.05, 0) is 42.6 Å². The zero-order valence-electron chi connectivity index (χ0n) is 18.2. The van der Waals surface area contributed by atoms with Crippen molar-refractivity contribution in [1.82, 2.24) is 15.5 Å². The van der Waals surface area contributed by atoms with Gasteiger partial charge in [0.05, 0.1) is 20.8 Å². The van der Waals surface area contributed by atoms with Gasteiger partial charge >= 0.3 is 5.97 Å². The number of piperidine rings is 1. The predicted octanol–water partition coefficient (Wildman–Crippen LogP) is 2.11. The first-order chi connectivity index (χ1) is 15.0. The Bertz CT molecular complexity index is 874. The first-order valence-electron chi connectivity index (χ1n) is 10.5. The second-order valence-corrected chi connectivity index (χ2v) is 7.86. The SMILES string of the molecule is COC(=O)[C@@]1(NCC(=O)NCc2cccc(OC)c2)CCCN(Cc2ccccc2)C1. The number of amides is 1. The van der Waals surface area contributed by atoms with E-state index in [9.17, 15) is 9.59 Å². The second-order valence-electron chi connectivity index (χ2n) is 7.86. The average Bonchev–Trinajstić information content (AvgIpc) is 2.82. The van der Waals surface area contributed by atoms with Crippen molar-refractivity contribution >= 4 is 11.9 Å². The Morgan fingerprint density at radius 2 is 1.84 bits per heavy atom. The lowest BCUT2D eigenvalue weighted by molar-refractivity contribution is -0.151. The molecule has 7 heteroatoms. The van der Waals surface area contributed by atoms with E-state index in [1.807, 2.05) is 42.5 Å². The van der Waals surface area contributed by atoms with Gasteiger partial charge in [0.15, 0.2) is 0 Å². The van der Waals surface area contributed by atoms with Crippen molar-refractivity contribution in [3.63, 3.8) is 0 Å². The summed E-state index contributed by atoms with van der Waals surface area (Å²) in [6, 6.07) is 17.7. The van der Waals surface area contributed by atoms with Gasteiger partial charge in [0, 0.05) is 19.6 Å². The van der Waals surface area contributed by atoms with E-state index in [4.69, 9.17) is 9.47 Å². The number of benzene rings is 2. The third-order valence-corrected chi connectivity index (χ3v) is 5.61. The Morgan fingerprint density at radius 1 is 1.06 bits per heavy atom. The van der Waals surface area contributed by atoms with E-state index >= 15 is 0 Å². The van der Waals surface area contributed by atoms with Crippen LogP contribution in [0, 0.1) is 0 Å². The number of hydrogen-bond donors (Lipinski definition) is 2. The van der Waals surface area contributed by atoms with Crippen molar-refractivity contribution < 1.29 is 19.1 Å². The summed E-state index contributed by atoms with van der Waals surface area (Å²) in [6.45, 7) is 2.58. The lowest BCUT2D eigenvalue weighted by atomic mass is 9.88. The van der Waals surface area contributed by atoms with E-state index in [0.29, 0.717) is 19.5 Å². The number of methoxy groups -OCH3 is 2. The van der Waals surface area contributed by atoms with Crippen LogP contribution in [0.5, 0.6) is 5.75 Å². The van der Waals surface area contributed by atoms with Crippen LogP contribution in [-0.2, 0) is 27.4 Å². The highest BCUT2D eigenvalue weighted by molar-refractivity contribution is 5.83. The number of hydrogen-bond acceptors (Lipinski definition) is 6. The number of rotatable bonds is 9. The minimum Gasteiger partial charge on any atom is -0.497 e. The van der Waals surface area contributed by atoms with Gasteiger partial charge < -0.3 is 14.8 Å². The number of esters is 1. The molecule has 0 radical (unpaired) electrons. The van der Waals surface area contributed by atoms with Gasteiger partial charge in [0.1, 0.15) is 11.3 Å². The number of likely N-dealkylation sites (tertiary alicyclic amines) is 1. The maximum atomic E-state index is 12.7. The van der Waals surface area contributed by atoms with Gasteiger partial charge in [-0.25, -0.2) is 0 Å². The van der Waals surface area contributed by atoms with E-state index in [0.717, 1.165) is 30.8 Å². The van der Waals surface area contributed by atoms with E-state index < -0.39 is 5.54 Å². The maximum Gasteiger partial charge on any atom is 0.327 e. The molecule has 0 spiro atoms. The summed E-state index contributed by atoms with van der Waals surface area (Å²) in [4.78, 5) is 27.4. The zero-order valence-corrected chi connectivity index (χ0v) is 18.2. The molecular formula is C24H31N3O4. The van der Waals surface area contributed by atoms with Gasteiger partial charge in [-0.15, -0.1) is 0 Å². The van der Waals surface area contributed by atoms with Gasteiger partial charge in [0.25, 0.3) is 0 Å². The number of nitrogens with zero attached hydrogens (tertiary/aromatic N) is 1. The molecular weight excluding hydrogens is 394 g/mol. The molecule has 1 heterocycles. The molecule has 2 N–H and O–H groups in total. The maximum absolute atomic E-state index is 12.7. The highest BCUT2D eigenvalue weighted by Gasteiger charge is 2.43. The molecule has 0 saturated carbocycles. The second kappa shape index (κ2) is 10.9. The average molecular weight is 426 g/mol. The molecule has 1 aliphatic rings. The van der Waals surface area contributed by atoms with Crippen LogP contribution in [0.25, 0.3) is 0 Å². The molecule has 1 fully saturated rings. The van der Waals surface area contributed by atoms with E-state index in [1.54, 1.807) is 7.11 Å². The Kier molecular flexibility index (Phi) is 8.03. The fourth-order valence-corrected chi connectivity index (χ4v) is 3.99. The Hall–Kier alpha value is -2.90. The fourth-order valence-electron chi connectivity index (χ4n) is 3.99. The Balaban J connectivity index is 1.58. The molecule has 1 aliphatic heterocycles. The largest absolute Gasteiger partial charge is 0.497 e. The molecule has 31 heavy (non-hydrogen) atoms. The predicted molar refractivity (Wildman–Crippen MR) is 119 cm³/mol. The van der Waals surface area contributed by atoms with Gasteiger partial charge in [-0.1, -0.05) is 42.5 Å². The summed E-state index contributed by atoms with van der Waals surface area (Å²) in [5, 5.41) is 6.10. The number of nitrogens with one attached hydrogen (secondary N) is 2. The van der Waals surface area contributed by atoms with Gasteiger partial charge in [0.2, 0.25) is 5.91 Å². The summed E-state index contributed by atoms with van der Waals surface area (Å²) in [5.41, 5.74) is 1.25. The van der Waals surface area contributed by atoms with Crippen LogP contribution in [0.4, 0.5) is 0 Å². The molecule has 0 aliphatic carbocycles. The molecule has 2 aromatic carbocycles. The molecule has 0 unspecified atom stereocenters. The normalized spacial score (nSPS) is 18.9. The number of carbonyl (C=O) groups is 2. The van der Waals surface area contributed by atoms with Crippen molar-refractivity contribution in [3.8, 4) is 5.75 Å². The molecule has 1 atom stereocenters. The number of carbonyl (C=O) groups excluding carboxylic acids is 2. The smallest absolute Gasteiger partial charge is 0.327 e. The van der Waals surface area contributed by atoms with Crippen LogP contribution in [-0.4, -0.2) is 56.2 Å². The third kappa shape index (κ3) is 6.29. The van der Waals surface area contributed by atoms with Crippen molar-refractivity contribution in [1.29, 1.82) is 0 Å². The molecule has 2 aromatic rings. The van der Waals surface area contributed by atoms with E-state index in [2.05, 4.69) is 27.7 Å². The monoisotopic (exact) mass is 425 g/mol. The number of ether oxygens (including phenoxy) is 2. The van der Waals surface area contributed by atoms with Gasteiger partial charge in [-0.2, -0.15) is 0 Å². The van der Waals surface area contributed by atoms with Crippen molar-refractivity contribution in [2.45, 2.75) is 31.5 Å². The van der Waals surface area contributed by atoms with Crippen LogP contribution in [0.3, 0.4) is 0 Å². The minimum absolute atomic E-state index is 0.0399. The van der Waals surface area contributed by atoms with Crippen LogP contribution in [0.2, 0.25) is 0 Å². The standard InChI is InChI=1S/C24H31N3O4/c1-30-21-11-6-10-20(14-21)15-25-22(28)16-26-24(23(29)31-2)12-7-13-27(18-24)17-19-8-4-3-5-9-19/h3-6,8-11,14,26H,7,12-13,15-18H2,1-2H3,(H,25,28)/t24-/m1/s1. The van der Waals surface area contributed by atoms with Gasteiger partial charge in [-0.3, -0.25) is 19.8 Å². The summed E-state index contributed by atoms with van der Waals surface area (Å²) in [6.07, 6.45) is 1.48. The molecule has 1 saturated heterocycles. The molecule has 7 nitrogen and oxygen atoms in total. The lowest BCUT2D eigenvalue weighted by Gasteiger charge is -2.41.